The zero-order valence-electron chi connectivity index (χ0n) is 20.9. The van der Waals surface area contributed by atoms with Crippen molar-refractivity contribution in [1.29, 1.82) is 0 Å². The summed E-state index contributed by atoms with van der Waals surface area (Å²) >= 11 is 0. The second-order valence-corrected chi connectivity index (χ2v) is 10.0. The molecule has 2 atom stereocenters. The standard InChI is InChI=1S/C27H33N5O4/c1-26(2,28)24(34)29-21(17-36-20-12-8-5-9-13-20)23(33)32-15-14-22-27(18-32,25(35)31(3)30-22)16-19-10-6-4-7-11-19/h4-13,21H,14-18,28H2,1-3H3,(H,29,34)/t21?,27-/m1/s1. The number of fused-ring (bicyclic) bond motifs is 1. The first-order chi connectivity index (χ1) is 17.1. The highest BCUT2D eigenvalue weighted by atomic mass is 16.5. The minimum atomic E-state index is -1.17. The average molecular weight is 492 g/mol. The Labute approximate surface area is 211 Å². The van der Waals surface area contributed by atoms with Gasteiger partial charge in [0.25, 0.3) is 5.91 Å². The van der Waals surface area contributed by atoms with Crippen LogP contribution in [0.2, 0.25) is 0 Å². The molecule has 4 rings (SSSR count). The minimum Gasteiger partial charge on any atom is -0.491 e. The number of likely N-dealkylation sites (tertiary alicyclic amines) is 1. The normalized spacial score (nSPS) is 20.4. The van der Waals surface area contributed by atoms with E-state index in [4.69, 9.17) is 10.5 Å². The van der Waals surface area contributed by atoms with Gasteiger partial charge in [0.2, 0.25) is 11.8 Å². The number of piperidine rings is 1. The molecule has 9 heteroatoms. The fraction of sp³-hybridized carbons (Fsp3) is 0.407. The monoisotopic (exact) mass is 491 g/mol. The van der Waals surface area contributed by atoms with Gasteiger partial charge in [-0.3, -0.25) is 14.4 Å². The lowest BCUT2D eigenvalue weighted by Crippen LogP contribution is -2.62. The van der Waals surface area contributed by atoms with Crippen LogP contribution in [0.25, 0.3) is 0 Å². The Balaban J connectivity index is 1.58. The second kappa shape index (κ2) is 10.1. The molecule has 0 bridgehead atoms. The number of carbonyl (C=O) groups is 3. The molecule has 36 heavy (non-hydrogen) atoms. The topological polar surface area (TPSA) is 117 Å². The van der Waals surface area contributed by atoms with Crippen molar-refractivity contribution < 1.29 is 19.1 Å². The zero-order chi connectivity index (χ0) is 25.9. The van der Waals surface area contributed by atoms with Crippen molar-refractivity contribution in [2.75, 3.05) is 26.7 Å². The Morgan fingerprint density at radius 1 is 1.14 bits per heavy atom. The molecule has 1 saturated heterocycles. The number of carbonyl (C=O) groups excluding carboxylic acids is 3. The molecule has 9 nitrogen and oxygen atoms in total. The number of nitrogens with zero attached hydrogens (tertiary/aromatic N) is 3. The number of nitrogens with two attached hydrogens (primary N) is 1. The van der Waals surface area contributed by atoms with Gasteiger partial charge in [0.15, 0.2) is 0 Å². The third-order valence-corrected chi connectivity index (χ3v) is 6.61. The first-order valence-corrected chi connectivity index (χ1v) is 12.1. The highest BCUT2D eigenvalue weighted by Gasteiger charge is 2.54. The number of hydrazone groups is 1. The molecule has 3 amide bonds. The first kappa shape index (κ1) is 25.4. The number of benzene rings is 2. The largest absolute Gasteiger partial charge is 0.491 e. The van der Waals surface area contributed by atoms with Gasteiger partial charge in [0, 0.05) is 26.6 Å². The van der Waals surface area contributed by atoms with Crippen LogP contribution in [-0.2, 0) is 20.8 Å². The van der Waals surface area contributed by atoms with E-state index in [9.17, 15) is 14.4 Å². The molecular formula is C27H33N5O4. The molecule has 2 aromatic rings. The van der Waals surface area contributed by atoms with Crippen LogP contribution < -0.4 is 15.8 Å². The van der Waals surface area contributed by atoms with Crippen molar-refractivity contribution in [2.45, 2.75) is 38.3 Å². The Morgan fingerprint density at radius 2 is 1.78 bits per heavy atom. The Bertz CT molecular complexity index is 1150. The lowest BCUT2D eigenvalue weighted by molar-refractivity contribution is -0.143. The molecule has 0 saturated carbocycles. The Hall–Kier alpha value is -3.72. The van der Waals surface area contributed by atoms with E-state index in [0.29, 0.717) is 25.1 Å². The molecular weight excluding hydrogens is 458 g/mol. The lowest BCUT2D eigenvalue weighted by Gasteiger charge is -2.40. The fourth-order valence-corrected chi connectivity index (χ4v) is 4.65. The molecule has 1 fully saturated rings. The quantitative estimate of drug-likeness (QED) is 0.581. The van der Waals surface area contributed by atoms with Crippen LogP contribution in [0.15, 0.2) is 65.8 Å². The molecule has 0 radical (unpaired) electrons. The van der Waals surface area contributed by atoms with E-state index in [2.05, 4.69) is 10.4 Å². The molecule has 1 unspecified atom stereocenters. The number of amides is 3. The van der Waals surface area contributed by atoms with Crippen molar-refractivity contribution in [2.24, 2.45) is 16.3 Å². The van der Waals surface area contributed by atoms with Crippen molar-refractivity contribution in [3.63, 3.8) is 0 Å². The second-order valence-electron chi connectivity index (χ2n) is 10.0. The smallest absolute Gasteiger partial charge is 0.256 e. The summed E-state index contributed by atoms with van der Waals surface area (Å²) in [7, 11) is 1.65. The predicted molar refractivity (Wildman–Crippen MR) is 136 cm³/mol. The van der Waals surface area contributed by atoms with E-state index < -0.39 is 22.9 Å². The van der Waals surface area contributed by atoms with Crippen LogP contribution in [0.3, 0.4) is 0 Å². The average Bonchev–Trinajstić information content (AvgIpc) is 3.10. The summed E-state index contributed by atoms with van der Waals surface area (Å²) in [6, 6.07) is 17.8. The summed E-state index contributed by atoms with van der Waals surface area (Å²) in [5, 5.41) is 8.64. The van der Waals surface area contributed by atoms with Crippen molar-refractivity contribution in [3.8, 4) is 5.75 Å². The van der Waals surface area contributed by atoms with E-state index in [1.165, 1.54) is 5.01 Å². The van der Waals surface area contributed by atoms with Gasteiger partial charge in [-0.05, 0) is 38.0 Å². The summed E-state index contributed by atoms with van der Waals surface area (Å²) in [5.41, 5.74) is 5.64. The van der Waals surface area contributed by atoms with Crippen LogP contribution in [0.5, 0.6) is 5.75 Å². The summed E-state index contributed by atoms with van der Waals surface area (Å²) in [5.74, 6) is -0.342. The zero-order valence-corrected chi connectivity index (χ0v) is 20.9. The van der Waals surface area contributed by atoms with Crippen LogP contribution in [-0.4, -0.2) is 71.7 Å². The molecule has 3 N–H and O–H groups in total. The molecule has 0 aromatic heterocycles. The van der Waals surface area contributed by atoms with Crippen LogP contribution in [0.1, 0.15) is 25.8 Å². The van der Waals surface area contributed by atoms with Crippen molar-refractivity contribution in [3.05, 3.63) is 66.2 Å². The maximum atomic E-state index is 13.8. The van der Waals surface area contributed by atoms with Crippen LogP contribution in [0.4, 0.5) is 0 Å². The maximum absolute atomic E-state index is 13.8. The number of ether oxygens (including phenoxy) is 1. The Kier molecular flexibility index (Phi) is 7.12. The number of rotatable bonds is 8. The van der Waals surface area contributed by atoms with E-state index >= 15 is 0 Å². The third-order valence-electron chi connectivity index (χ3n) is 6.61. The summed E-state index contributed by atoms with van der Waals surface area (Å²) < 4.78 is 5.84. The van der Waals surface area contributed by atoms with E-state index in [1.807, 2.05) is 48.5 Å². The van der Waals surface area contributed by atoms with Gasteiger partial charge in [0.1, 0.15) is 23.8 Å². The number of hydrogen-bond donors (Lipinski definition) is 2. The first-order valence-electron chi connectivity index (χ1n) is 12.1. The van der Waals surface area contributed by atoms with Gasteiger partial charge in [-0.1, -0.05) is 48.5 Å². The minimum absolute atomic E-state index is 0.0678. The van der Waals surface area contributed by atoms with Gasteiger partial charge in [0.05, 0.1) is 11.3 Å². The van der Waals surface area contributed by atoms with Crippen molar-refractivity contribution in [1.82, 2.24) is 15.2 Å². The summed E-state index contributed by atoms with van der Waals surface area (Å²) in [4.78, 5) is 41.5. The van der Waals surface area contributed by atoms with Crippen LogP contribution >= 0.6 is 0 Å². The van der Waals surface area contributed by atoms with Crippen LogP contribution in [0, 0.1) is 5.41 Å². The fourth-order valence-electron chi connectivity index (χ4n) is 4.65. The van der Waals surface area contributed by atoms with E-state index in [-0.39, 0.29) is 25.0 Å². The van der Waals surface area contributed by atoms with E-state index in [0.717, 1.165) is 11.3 Å². The summed E-state index contributed by atoms with van der Waals surface area (Å²) in [6.07, 6.45) is 0.907. The van der Waals surface area contributed by atoms with Gasteiger partial charge >= 0.3 is 0 Å². The SMILES string of the molecule is CN1N=C2CCN(C(=O)C(COc3ccccc3)NC(=O)C(C)(C)N)C[C@@]2(Cc2ccccc2)C1=O. The molecule has 190 valence electrons. The highest BCUT2D eigenvalue weighted by Crippen LogP contribution is 2.38. The third kappa shape index (κ3) is 5.26. The molecule has 0 spiro atoms. The lowest BCUT2D eigenvalue weighted by atomic mass is 9.73. The van der Waals surface area contributed by atoms with Gasteiger partial charge < -0.3 is 20.7 Å². The highest BCUT2D eigenvalue weighted by molar-refractivity contribution is 6.13. The molecule has 0 aliphatic carbocycles. The van der Waals surface area contributed by atoms with Gasteiger partial charge in [-0.2, -0.15) is 5.10 Å². The molecule has 2 aliphatic rings. The molecule has 2 aromatic carbocycles. The van der Waals surface area contributed by atoms with Crippen molar-refractivity contribution >= 4 is 23.4 Å². The van der Waals surface area contributed by atoms with E-state index in [1.54, 1.807) is 37.9 Å². The maximum Gasteiger partial charge on any atom is 0.256 e. The van der Waals surface area contributed by atoms with Gasteiger partial charge in [-0.25, -0.2) is 5.01 Å². The van der Waals surface area contributed by atoms with Gasteiger partial charge in [-0.15, -0.1) is 0 Å². The predicted octanol–water partition coefficient (Wildman–Crippen LogP) is 1.58. The summed E-state index contributed by atoms with van der Waals surface area (Å²) in [6.45, 7) is 3.65. The number of nitrogens with one attached hydrogen (secondary N) is 1. The molecule has 2 aliphatic heterocycles. The number of hydrogen-bond acceptors (Lipinski definition) is 6. The number of para-hydroxylation sites is 1. The Morgan fingerprint density at radius 3 is 2.42 bits per heavy atom. The molecule has 2 heterocycles.